The van der Waals surface area contributed by atoms with E-state index in [1.165, 1.54) is 0 Å². The molecule has 256 valence electrons. The van der Waals surface area contributed by atoms with Gasteiger partial charge >= 0.3 is 12.1 Å². The van der Waals surface area contributed by atoms with Gasteiger partial charge in [-0.05, 0) is 69.9 Å². The van der Waals surface area contributed by atoms with Crippen molar-refractivity contribution in [2.24, 2.45) is 34.0 Å². The van der Waals surface area contributed by atoms with E-state index < -0.39 is 87.6 Å². The molecule has 1 heterocycles. The summed E-state index contributed by atoms with van der Waals surface area (Å²) in [6.45, 7) is 20.0. The molecule has 0 spiro atoms. The lowest BCUT2D eigenvalue weighted by Crippen LogP contribution is -2.75. The number of ether oxygens (including phenoxy) is 3. The standard InChI is InChI=1S/C34H55NO10/c1-16(2)12-19(35-29(41)45-30(5,6)7)24(37)28(40)44-20-14-34(42)18(4)26-32(10)15-43-22(32)13-21(36)33(26,11)27(39)25(38)23(17(20)3)31(34,8)9/h16,18-22,24-26,36-38,42H,12-15H2,1-11H3,(H,35,41)/t18-,19-,20-,21-,22+,24?,25+,26+,32+,33+,34+/m0/s1. The molecule has 1 saturated heterocycles. The molecule has 0 aromatic carbocycles. The maximum atomic E-state index is 14.3. The van der Waals surface area contributed by atoms with E-state index in [1.54, 1.807) is 48.5 Å². The first-order chi connectivity index (χ1) is 20.4. The lowest BCUT2D eigenvalue weighted by molar-refractivity contribution is -0.302. The third kappa shape index (κ3) is 5.64. The van der Waals surface area contributed by atoms with Crippen molar-refractivity contribution in [1.29, 1.82) is 0 Å². The van der Waals surface area contributed by atoms with Gasteiger partial charge in [0.05, 0.1) is 35.9 Å². The van der Waals surface area contributed by atoms with Crippen LogP contribution in [-0.4, -0.2) is 92.6 Å². The van der Waals surface area contributed by atoms with Crippen LogP contribution in [-0.2, 0) is 23.8 Å². The molecular formula is C34H55NO10. The van der Waals surface area contributed by atoms with Crippen molar-refractivity contribution in [2.45, 2.75) is 143 Å². The monoisotopic (exact) mass is 637 g/mol. The maximum Gasteiger partial charge on any atom is 0.407 e. The van der Waals surface area contributed by atoms with Gasteiger partial charge in [-0.1, -0.05) is 41.5 Å². The summed E-state index contributed by atoms with van der Waals surface area (Å²) >= 11 is 0. The minimum Gasteiger partial charge on any atom is -0.456 e. The van der Waals surface area contributed by atoms with Crippen molar-refractivity contribution in [3.63, 3.8) is 0 Å². The Morgan fingerprint density at radius 1 is 1.13 bits per heavy atom. The fourth-order valence-corrected chi connectivity index (χ4v) is 9.18. The second-order valence-corrected chi connectivity index (χ2v) is 16.5. The number of hydrogen-bond acceptors (Lipinski definition) is 10. The normalized spacial score (nSPS) is 40.7. The summed E-state index contributed by atoms with van der Waals surface area (Å²) in [6, 6.07) is -1.01. The van der Waals surface area contributed by atoms with Gasteiger partial charge in [0.25, 0.3) is 0 Å². The van der Waals surface area contributed by atoms with E-state index in [4.69, 9.17) is 14.2 Å². The van der Waals surface area contributed by atoms with Crippen LogP contribution in [0.15, 0.2) is 11.1 Å². The topological polar surface area (TPSA) is 172 Å². The van der Waals surface area contributed by atoms with Gasteiger partial charge in [-0.2, -0.15) is 0 Å². The molecule has 3 aliphatic carbocycles. The summed E-state index contributed by atoms with van der Waals surface area (Å²) in [4.78, 5) is 40.4. The van der Waals surface area contributed by atoms with Crippen LogP contribution >= 0.6 is 0 Å². The number of hydrogen-bond donors (Lipinski definition) is 5. The molecule has 11 nitrogen and oxygen atoms in total. The Morgan fingerprint density at radius 2 is 1.73 bits per heavy atom. The van der Waals surface area contributed by atoms with E-state index in [2.05, 4.69) is 5.32 Å². The zero-order chi connectivity index (χ0) is 34.2. The number of Topliss-reactive ketones (excluding diaryl/α,β-unsaturated/α-hetero) is 1. The molecule has 2 bridgehead atoms. The van der Waals surface area contributed by atoms with Crippen LogP contribution in [0.25, 0.3) is 0 Å². The third-order valence-electron chi connectivity index (χ3n) is 11.6. The molecule has 11 heteroatoms. The maximum absolute atomic E-state index is 14.3. The number of nitrogens with one attached hydrogen (secondary N) is 1. The van der Waals surface area contributed by atoms with Crippen LogP contribution in [0, 0.1) is 34.0 Å². The summed E-state index contributed by atoms with van der Waals surface area (Å²) in [6.07, 6.45) is -6.22. The van der Waals surface area contributed by atoms with E-state index in [0.29, 0.717) is 12.2 Å². The summed E-state index contributed by atoms with van der Waals surface area (Å²) < 4.78 is 17.1. The Morgan fingerprint density at radius 3 is 2.24 bits per heavy atom. The summed E-state index contributed by atoms with van der Waals surface area (Å²) in [5.41, 5.74) is -4.76. The number of esters is 1. The number of rotatable bonds is 6. The van der Waals surface area contributed by atoms with Gasteiger partial charge in [0.2, 0.25) is 0 Å². The molecule has 1 aliphatic heterocycles. The molecule has 11 atom stereocenters. The molecule has 0 aromatic rings. The smallest absolute Gasteiger partial charge is 0.407 e. The molecule has 0 radical (unpaired) electrons. The highest BCUT2D eigenvalue weighted by Gasteiger charge is 2.72. The highest BCUT2D eigenvalue weighted by atomic mass is 16.6. The molecule has 1 unspecified atom stereocenters. The van der Waals surface area contributed by atoms with Crippen LogP contribution in [0.5, 0.6) is 0 Å². The molecule has 1 amide bonds. The average molecular weight is 638 g/mol. The van der Waals surface area contributed by atoms with Crippen molar-refractivity contribution < 1.29 is 49.0 Å². The number of ketones is 1. The number of aliphatic hydroxyl groups is 4. The van der Waals surface area contributed by atoms with Crippen LogP contribution in [0.4, 0.5) is 4.79 Å². The van der Waals surface area contributed by atoms with Crippen LogP contribution in [0.3, 0.4) is 0 Å². The van der Waals surface area contributed by atoms with Crippen molar-refractivity contribution in [3.05, 3.63) is 11.1 Å². The summed E-state index contributed by atoms with van der Waals surface area (Å²) in [5.74, 6) is -2.70. The molecule has 4 rings (SSSR count). The van der Waals surface area contributed by atoms with Crippen molar-refractivity contribution in [2.75, 3.05) is 6.61 Å². The first kappa shape index (κ1) is 35.8. The van der Waals surface area contributed by atoms with E-state index in [1.807, 2.05) is 27.7 Å². The molecule has 0 aromatic heterocycles. The number of aliphatic hydroxyl groups excluding tert-OH is 3. The van der Waals surface area contributed by atoms with Gasteiger partial charge in [-0.25, -0.2) is 9.59 Å². The minimum absolute atomic E-state index is 0.00175. The van der Waals surface area contributed by atoms with Gasteiger partial charge < -0.3 is 40.0 Å². The van der Waals surface area contributed by atoms with Crippen LogP contribution in [0.1, 0.15) is 95.4 Å². The largest absolute Gasteiger partial charge is 0.456 e. The van der Waals surface area contributed by atoms with Gasteiger partial charge in [0, 0.05) is 23.7 Å². The zero-order valence-electron chi connectivity index (χ0n) is 28.8. The van der Waals surface area contributed by atoms with Crippen LogP contribution < -0.4 is 5.32 Å². The predicted octanol–water partition coefficient (Wildman–Crippen LogP) is 3.05. The SMILES string of the molecule is CC1=C2[C@@H](O)C(=O)[C@@]3(C)[C@H]([C@H](C)[C@](O)(C[C@@H]1OC(=O)C(O)[C@H](CC(C)C)NC(=O)OC(C)(C)C)C2(C)C)[C@]1(C)CO[C@@H]1C[C@@H]3O. The third-order valence-corrected chi connectivity index (χ3v) is 11.6. The first-order valence-electron chi connectivity index (χ1n) is 16.3. The Balaban J connectivity index is 1.73. The van der Waals surface area contributed by atoms with Crippen LogP contribution in [0.2, 0.25) is 0 Å². The highest BCUT2D eigenvalue weighted by molar-refractivity contribution is 5.93. The van der Waals surface area contributed by atoms with E-state index in [9.17, 15) is 34.8 Å². The Kier molecular flexibility index (Phi) is 9.21. The van der Waals surface area contributed by atoms with Gasteiger partial charge in [-0.3, -0.25) is 4.79 Å². The zero-order valence-corrected chi connectivity index (χ0v) is 28.8. The lowest BCUT2D eigenvalue weighted by Gasteiger charge is -2.68. The number of alkyl carbamates (subject to hydrolysis) is 1. The second kappa shape index (κ2) is 11.6. The predicted molar refractivity (Wildman–Crippen MR) is 165 cm³/mol. The van der Waals surface area contributed by atoms with Crippen molar-refractivity contribution in [3.8, 4) is 0 Å². The fourth-order valence-electron chi connectivity index (χ4n) is 9.18. The number of carbonyl (C=O) groups is 3. The number of amides is 1. The molecule has 2 saturated carbocycles. The Hall–Kier alpha value is -2.05. The van der Waals surface area contributed by atoms with E-state index in [0.717, 1.165) is 0 Å². The number of fused-ring (bicyclic) bond motifs is 5. The quantitative estimate of drug-likeness (QED) is 0.215. The Bertz CT molecular complexity index is 1240. The molecule has 45 heavy (non-hydrogen) atoms. The summed E-state index contributed by atoms with van der Waals surface area (Å²) in [7, 11) is 0. The van der Waals surface area contributed by atoms with E-state index in [-0.39, 0.29) is 36.9 Å². The van der Waals surface area contributed by atoms with Crippen molar-refractivity contribution in [1.82, 2.24) is 5.32 Å². The second-order valence-electron chi connectivity index (χ2n) is 16.5. The molecule has 3 fully saturated rings. The Labute approximate surface area is 267 Å². The highest BCUT2D eigenvalue weighted by Crippen LogP contribution is 2.66. The first-order valence-corrected chi connectivity index (χ1v) is 16.3. The minimum atomic E-state index is -1.75. The fraction of sp³-hybridized carbons (Fsp3) is 0.853. The summed E-state index contributed by atoms with van der Waals surface area (Å²) in [5, 5.41) is 49.7. The molecule has 5 N–H and O–H groups in total. The van der Waals surface area contributed by atoms with Crippen molar-refractivity contribution >= 4 is 17.8 Å². The average Bonchev–Trinajstić information content (AvgIpc) is 2.89. The lowest BCUT2D eigenvalue weighted by atomic mass is 9.40. The van der Waals surface area contributed by atoms with E-state index >= 15 is 0 Å². The van der Waals surface area contributed by atoms with Gasteiger partial charge in [-0.15, -0.1) is 0 Å². The number of carbonyl (C=O) groups excluding carboxylic acids is 3. The molecule has 4 aliphatic rings. The van der Waals surface area contributed by atoms with Gasteiger partial charge in [0.15, 0.2) is 11.9 Å². The van der Waals surface area contributed by atoms with Gasteiger partial charge in [0.1, 0.15) is 17.8 Å². The molecular weight excluding hydrogens is 582 g/mol.